The minimum Gasteiger partial charge on any atom is -0.455 e. The van der Waals surface area contributed by atoms with Crippen LogP contribution in [0.3, 0.4) is 0 Å². The molecule has 0 radical (unpaired) electrons. The van der Waals surface area contributed by atoms with Gasteiger partial charge >= 0.3 is 0 Å². The molecule has 0 amide bonds. The Morgan fingerprint density at radius 1 is 0.233 bits per heavy atom. The Morgan fingerprint density at radius 3 is 0.806 bits per heavy atom. The Bertz CT molecular complexity index is 8490. The van der Waals surface area contributed by atoms with E-state index < -0.39 is 0 Å². The molecule has 15 heteroatoms. The van der Waals surface area contributed by atoms with Gasteiger partial charge in [0, 0.05) is 92.8 Å². The Labute approximate surface area is 744 Å². The van der Waals surface area contributed by atoms with Gasteiger partial charge in [-0.2, -0.15) is 9.13 Å². The molecule has 10 heterocycles. The number of aromatic nitrogens is 10. The summed E-state index contributed by atoms with van der Waals surface area (Å²) in [6, 6.07) is 90.6. The molecule has 10 aromatic heterocycles. The van der Waals surface area contributed by atoms with E-state index >= 15 is 0 Å². The molecule has 0 bridgehead atoms. The number of para-hydroxylation sites is 5. The molecule has 0 atom stereocenters. The molecular formula is C114H93N10O5+5. The second-order valence-corrected chi connectivity index (χ2v) is 33.8. The van der Waals surface area contributed by atoms with Crippen molar-refractivity contribution in [1.82, 2.24) is 24.9 Å². The first kappa shape index (κ1) is 80.1. The second-order valence-electron chi connectivity index (χ2n) is 33.8. The normalized spacial score (nSPS) is 11.6. The van der Waals surface area contributed by atoms with Gasteiger partial charge in [0.2, 0.25) is 11.4 Å². The predicted molar refractivity (Wildman–Crippen MR) is 521 cm³/mol. The van der Waals surface area contributed by atoms with Crippen LogP contribution in [-0.4, -0.2) is 24.9 Å². The lowest BCUT2D eigenvalue weighted by Crippen LogP contribution is -2.35. The molecule has 15 aromatic carbocycles. The molecule has 0 spiro atoms. The summed E-state index contributed by atoms with van der Waals surface area (Å²) in [6.07, 6.45) is 15.3. The highest BCUT2D eigenvalue weighted by atomic mass is 16.3. The van der Waals surface area contributed by atoms with Crippen LogP contribution in [-0.2, 0) is 35.2 Å². The van der Waals surface area contributed by atoms with Crippen molar-refractivity contribution in [2.24, 2.45) is 35.2 Å². The highest BCUT2D eigenvalue weighted by Gasteiger charge is 2.31. The number of hydrogen-bond donors (Lipinski definition) is 0. The summed E-state index contributed by atoms with van der Waals surface area (Å²) in [6.45, 7) is 19.0. The average molecular weight is 1680 g/mol. The minimum absolute atomic E-state index is 0.918. The van der Waals surface area contributed by atoms with Crippen molar-refractivity contribution in [2.45, 2.75) is 62.3 Å². The maximum Gasteiger partial charge on any atom is 0.295 e. The molecule has 0 aliphatic heterocycles. The summed E-state index contributed by atoms with van der Waals surface area (Å²) < 4.78 is 42.4. The first-order valence-corrected chi connectivity index (χ1v) is 43.6. The summed E-state index contributed by atoms with van der Waals surface area (Å²) in [5.74, 6) is 0.972. The van der Waals surface area contributed by atoms with Crippen LogP contribution >= 0.6 is 0 Å². The maximum absolute atomic E-state index is 6.39. The van der Waals surface area contributed by atoms with E-state index in [4.69, 9.17) is 22.1 Å². The highest BCUT2D eigenvalue weighted by Crippen LogP contribution is 2.49. The first-order valence-electron chi connectivity index (χ1n) is 43.6. The number of benzene rings is 15. The van der Waals surface area contributed by atoms with Gasteiger partial charge in [-0.25, -0.2) is 18.7 Å². The number of rotatable bonds is 5. The Balaban J connectivity index is 0.0000000978. The lowest BCUT2D eigenvalue weighted by atomic mass is 9.93. The average Bonchev–Trinajstić information content (AvgIpc) is 1.63. The van der Waals surface area contributed by atoms with Gasteiger partial charge in [0.1, 0.15) is 98.9 Å². The lowest BCUT2D eigenvalue weighted by molar-refractivity contribution is -0.670. The maximum atomic E-state index is 6.39. The molecule has 0 aliphatic carbocycles. The van der Waals surface area contributed by atoms with Crippen molar-refractivity contribution < 1.29 is 44.9 Å². The number of furan rings is 5. The van der Waals surface area contributed by atoms with Crippen LogP contribution in [0.15, 0.2) is 333 Å². The van der Waals surface area contributed by atoms with Crippen LogP contribution in [0.2, 0.25) is 0 Å². The molecule has 0 saturated heterocycles. The molecule has 0 fully saturated rings. The molecule has 624 valence electrons. The predicted octanol–water partition coefficient (Wildman–Crippen LogP) is 25.9. The standard InChI is InChI=1S/4C23H19N2O.C22H17N2O/c1-14-13-25(3)19(12-24-14)21-15(2)16-8-4-5-9-17(16)22-18-10-6-7-11-20(18)26-23(21)22;2*1-14-12-19(25(3)13-24-14)21-15(2)16-8-4-5-9-17(16)22-18-10-6-7-11-20(18)26-23(21)22;1-14-16-8-4-5-9-17(16)22-18-10-6-7-11-20(18)26-23(22)21(14)19-12-13-24-15(2)25(19)3;1-14-15-7-3-4-8-16(15)21-17-9-5-6-10-19(17)25-22(21)20(14)18-13-23-11-12-24(18)2/h4*4-13H,1-3H3;3-13H,1-2H3/q5*+1. The smallest absolute Gasteiger partial charge is 0.295 e. The van der Waals surface area contributed by atoms with Crippen molar-refractivity contribution in [3.63, 3.8) is 0 Å². The minimum atomic E-state index is 0.918. The molecule has 0 saturated carbocycles. The lowest BCUT2D eigenvalue weighted by Gasteiger charge is -2.12. The molecule has 0 N–H and O–H groups in total. The molecule has 129 heavy (non-hydrogen) atoms. The van der Waals surface area contributed by atoms with Gasteiger partial charge in [-0.1, -0.05) is 227 Å². The number of hydrogen-bond acceptors (Lipinski definition) is 10. The van der Waals surface area contributed by atoms with E-state index in [9.17, 15) is 0 Å². The third-order valence-electron chi connectivity index (χ3n) is 26.0. The van der Waals surface area contributed by atoms with Crippen LogP contribution in [0.1, 0.15) is 50.7 Å². The van der Waals surface area contributed by atoms with Crippen LogP contribution in [0, 0.1) is 62.3 Å². The fourth-order valence-corrected chi connectivity index (χ4v) is 19.7. The SMILES string of the molecule is Cc1c(-c2ccnc(C)[n+]2C)c2oc3ccccc3c2c2ccccc12.Cc1c(-c2cncc[n+]2C)c2oc3ccccc3c2c2ccccc12.Cc1c[n+](C)c(-c2c(C)c3ccccc3c3c2oc2ccccc23)cn1.Cc1cc(-c2c(C)c3ccccc3c3c2oc2ccccc23)[n+](C)cn1.Cc1cc(-c2c(C)c3ccccc3c3c2oc2ccccc23)[n+](C)cn1. The van der Waals surface area contributed by atoms with E-state index in [1.54, 1.807) is 6.20 Å². The van der Waals surface area contributed by atoms with Gasteiger partial charge in [-0.05, 0) is 154 Å². The Kier molecular flexibility index (Phi) is 20.0. The van der Waals surface area contributed by atoms with Gasteiger partial charge in [0.05, 0.1) is 67.6 Å². The van der Waals surface area contributed by atoms with Crippen molar-refractivity contribution in [2.75, 3.05) is 0 Å². The van der Waals surface area contributed by atoms with Crippen molar-refractivity contribution in [3.8, 4) is 56.3 Å². The summed E-state index contributed by atoms with van der Waals surface area (Å²) in [4.78, 5) is 22.1. The highest BCUT2D eigenvalue weighted by molar-refractivity contribution is 6.28. The van der Waals surface area contributed by atoms with Gasteiger partial charge in [-0.15, -0.1) is 0 Å². The third-order valence-corrected chi connectivity index (χ3v) is 26.0. The molecule has 0 aliphatic rings. The van der Waals surface area contributed by atoms with Crippen molar-refractivity contribution >= 4 is 164 Å². The van der Waals surface area contributed by atoms with Crippen LogP contribution in [0.25, 0.3) is 220 Å². The fraction of sp³-hybridized carbons (Fsp3) is 0.123. The summed E-state index contributed by atoms with van der Waals surface area (Å²) in [5.41, 5.74) is 29.5. The quantitative estimate of drug-likeness (QED) is 0.152. The van der Waals surface area contributed by atoms with Gasteiger partial charge in [-0.3, -0.25) is 4.98 Å². The van der Waals surface area contributed by atoms with Crippen LogP contribution in [0.4, 0.5) is 0 Å². The van der Waals surface area contributed by atoms with Crippen molar-refractivity contribution in [3.05, 3.63) is 361 Å². The van der Waals surface area contributed by atoms with E-state index in [0.29, 0.717) is 0 Å². The van der Waals surface area contributed by atoms with E-state index in [-0.39, 0.29) is 0 Å². The molecule has 25 rings (SSSR count). The van der Waals surface area contributed by atoms with E-state index in [2.05, 4.69) is 303 Å². The van der Waals surface area contributed by atoms with E-state index in [1.807, 2.05) is 147 Å². The second kappa shape index (κ2) is 32.2. The van der Waals surface area contributed by atoms with Crippen molar-refractivity contribution in [1.29, 1.82) is 0 Å². The summed E-state index contributed by atoms with van der Waals surface area (Å²) in [5, 5.41) is 24.2. The van der Waals surface area contributed by atoms with E-state index in [1.165, 1.54) is 109 Å². The molecular weight excluding hydrogens is 1590 g/mol. The molecule has 0 unspecified atom stereocenters. The Hall–Kier alpha value is -16.0. The van der Waals surface area contributed by atoms with Gasteiger partial charge in [0.15, 0.2) is 23.8 Å². The van der Waals surface area contributed by atoms with Crippen LogP contribution < -0.4 is 22.8 Å². The zero-order valence-electron chi connectivity index (χ0n) is 74.5. The van der Waals surface area contributed by atoms with Crippen LogP contribution in [0.5, 0.6) is 0 Å². The molecule has 25 aromatic rings. The molecule has 15 nitrogen and oxygen atoms in total. The number of fused-ring (bicyclic) bond motifs is 25. The first-order chi connectivity index (χ1) is 62.9. The zero-order chi connectivity index (χ0) is 88.3. The summed E-state index contributed by atoms with van der Waals surface area (Å²) in [7, 11) is 10.2. The van der Waals surface area contributed by atoms with E-state index in [0.717, 1.165) is 162 Å². The van der Waals surface area contributed by atoms with Gasteiger partial charge < -0.3 is 22.1 Å². The number of aryl methyl sites for hydroxylation is 13. The fourth-order valence-electron chi connectivity index (χ4n) is 19.7. The largest absolute Gasteiger partial charge is 0.455 e. The zero-order valence-corrected chi connectivity index (χ0v) is 74.5. The number of nitrogens with zero attached hydrogens (tertiary/aromatic N) is 10. The van der Waals surface area contributed by atoms with Gasteiger partial charge in [0.25, 0.3) is 18.5 Å². The monoisotopic (exact) mass is 1680 g/mol. The third kappa shape index (κ3) is 13.4. The topological polar surface area (TPSA) is 150 Å². The Morgan fingerprint density at radius 2 is 0.504 bits per heavy atom. The summed E-state index contributed by atoms with van der Waals surface area (Å²) >= 11 is 0.